The Kier molecular flexibility index (Phi) is 3.74. The molecular formula is C11H22O2. The Morgan fingerprint density at radius 1 is 1.23 bits per heavy atom. The Morgan fingerprint density at radius 3 is 2.46 bits per heavy atom. The van der Waals surface area contributed by atoms with Crippen LogP contribution in [0.25, 0.3) is 0 Å². The minimum Gasteiger partial charge on any atom is -0.381 e. The third kappa shape index (κ3) is 3.65. The van der Waals surface area contributed by atoms with E-state index in [-0.39, 0.29) is 5.60 Å². The van der Waals surface area contributed by atoms with E-state index in [4.69, 9.17) is 9.47 Å². The van der Waals surface area contributed by atoms with Crippen LogP contribution in [0.15, 0.2) is 0 Å². The van der Waals surface area contributed by atoms with Gasteiger partial charge >= 0.3 is 0 Å². The average molecular weight is 186 g/mol. The highest BCUT2D eigenvalue weighted by atomic mass is 16.5. The van der Waals surface area contributed by atoms with Crippen molar-refractivity contribution < 1.29 is 9.47 Å². The van der Waals surface area contributed by atoms with Gasteiger partial charge in [-0.2, -0.15) is 0 Å². The maximum Gasteiger partial charge on any atom is 0.0621 e. The molecule has 1 saturated carbocycles. The Morgan fingerprint density at radius 2 is 1.92 bits per heavy atom. The molecule has 0 N–H and O–H groups in total. The van der Waals surface area contributed by atoms with Crippen LogP contribution in [0.3, 0.4) is 0 Å². The van der Waals surface area contributed by atoms with Gasteiger partial charge in [0, 0.05) is 13.0 Å². The third-order valence-corrected chi connectivity index (χ3v) is 2.62. The quantitative estimate of drug-likeness (QED) is 0.674. The Labute approximate surface area is 81.6 Å². The summed E-state index contributed by atoms with van der Waals surface area (Å²) in [4.78, 5) is 0. The summed E-state index contributed by atoms with van der Waals surface area (Å²) in [6.07, 6.45) is 4.18. The van der Waals surface area contributed by atoms with E-state index in [1.54, 1.807) is 7.11 Å². The summed E-state index contributed by atoms with van der Waals surface area (Å²) < 4.78 is 11.2. The van der Waals surface area contributed by atoms with E-state index in [2.05, 4.69) is 20.8 Å². The number of methoxy groups -OCH3 is 1. The van der Waals surface area contributed by atoms with E-state index in [1.165, 1.54) is 19.3 Å². The molecule has 0 radical (unpaired) electrons. The molecule has 0 aromatic carbocycles. The number of hydrogen-bond donors (Lipinski definition) is 0. The van der Waals surface area contributed by atoms with Crippen LogP contribution in [0.1, 0.15) is 40.0 Å². The van der Waals surface area contributed by atoms with Crippen molar-refractivity contribution in [2.45, 2.75) is 51.7 Å². The minimum absolute atomic E-state index is 0.0130. The summed E-state index contributed by atoms with van der Waals surface area (Å²) in [6, 6.07) is 0. The molecule has 2 nitrogen and oxygen atoms in total. The summed E-state index contributed by atoms with van der Waals surface area (Å²) in [7, 11) is 1.81. The van der Waals surface area contributed by atoms with Crippen molar-refractivity contribution in [1.29, 1.82) is 0 Å². The summed E-state index contributed by atoms with van der Waals surface area (Å²) in [6.45, 7) is 7.15. The molecule has 0 amide bonds. The standard InChI is InChI=1S/C11H22O2/c1-11(2,3)13-8-9-6-5-7-10(9)12-4/h9-10H,5-8H2,1-4H3. The molecule has 0 saturated heterocycles. The van der Waals surface area contributed by atoms with Crippen molar-refractivity contribution in [3.05, 3.63) is 0 Å². The first-order valence-electron chi connectivity index (χ1n) is 5.19. The number of hydrogen-bond acceptors (Lipinski definition) is 2. The van der Waals surface area contributed by atoms with Gasteiger partial charge in [0.25, 0.3) is 0 Å². The van der Waals surface area contributed by atoms with Gasteiger partial charge in [0.1, 0.15) is 0 Å². The Hall–Kier alpha value is -0.0800. The first-order valence-corrected chi connectivity index (χ1v) is 5.19. The van der Waals surface area contributed by atoms with Gasteiger partial charge in [-0.1, -0.05) is 6.42 Å². The molecular weight excluding hydrogens is 164 g/mol. The fraction of sp³-hybridized carbons (Fsp3) is 1.00. The van der Waals surface area contributed by atoms with E-state index in [1.807, 2.05) is 0 Å². The molecule has 0 aromatic heterocycles. The average Bonchev–Trinajstić information content (AvgIpc) is 2.46. The first kappa shape index (κ1) is 11.0. The lowest BCUT2D eigenvalue weighted by Gasteiger charge is -2.24. The van der Waals surface area contributed by atoms with E-state index in [0.29, 0.717) is 12.0 Å². The molecule has 1 rings (SSSR count). The molecule has 78 valence electrons. The summed E-state index contributed by atoms with van der Waals surface area (Å²) in [5.74, 6) is 0.615. The Balaban J connectivity index is 2.28. The molecule has 0 bridgehead atoms. The molecule has 0 spiro atoms. The van der Waals surface area contributed by atoms with Crippen LogP contribution >= 0.6 is 0 Å². The van der Waals surface area contributed by atoms with Gasteiger partial charge in [0.15, 0.2) is 0 Å². The van der Waals surface area contributed by atoms with Crippen molar-refractivity contribution in [3.63, 3.8) is 0 Å². The van der Waals surface area contributed by atoms with Gasteiger partial charge in [-0.05, 0) is 33.6 Å². The lowest BCUT2D eigenvalue weighted by atomic mass is 10.1. The summed E-state index contributed by atoms with van der Waals surface area (Å²) >= 11 is 0. The van der Waals surface area contributed by atoms with Gasteiger partial charge in [0.05, 0.1) is 18.3 Å². The van der Waals surface area contributed by atoms with E-state index in [0.717, 1.165) is 6.61 Å². The zero-order chi connectivity index (χ0) is 9.90. The maximum absolute atomic E-state index is 5.77. The van der Waals surface area contributed by atoms with Crippen molar-refractivity contribution in [2.75, 3.05) is 13.7 Å². The van der Waals surface area contributed by atoms with Crippen LogP contribution in [0, 0.1) is 5.92 Å². The van der Waals surface area contributed by atoms with Crippen LogP contribution in [-0.4, -0.2) is 25.4 Å². The van der Waals surface area contributed by atoms with Crippen molar-refractivity contribution in [3.8, 4) is 0 Å². The molecule has 0 heterocycles. The smallest absolute Gasteiger partial charge is 0.0621 e. The van der Waals surface area contributed by atoms with Gasteiger partial charge in [-0.3, -0.25) is 0 Å². The van der Waals surface area contributed by atoms with Crippen LogP contribution in [0.5, 0.6) is 0 Å². The first-order chi connectivity index (χ1) is 6.03. The predicted octanol–water partition coefficient (Wildman–Crippen LogP) is 2.62. The van der Waals surface area contributed by atoms with Crippen molar-refractivity contribution >= 4 is 0 Å². The van der Waals surface area contributed by atoms with Crippen LogP contribution < -0.4 is 0 Å². The normalized spacial score (nSPS) is 29.5. The third-order valence-electron chi connectivity index (χ3n) is 2.62. The predicted molar refractivity (Wildman–Crippen MR) is 53.8 cm³/mol. The highest BCUT2D eigenvalue weighted by Crippen LogP contribution is 2.28. The van der Waals surface area contributed by atoms with Gasteiger partial charge in [-0.15, -0.1) is 0 Å². The molecule has 2 unspecified atom stereocenters. The molecule has 0 aliphatic heterocycles. The fourth-order valence-corrected chi connectivity index (χ4v) is 1.86. The van der Waals surface area contributed by atoms with Crippen molar-refractivity contribution in [2.24, 2.45) is 5.92 Å². The number of rotatable bonds is 3. The minimum atomic E-state index is -0.0130. The van der Waals surface area contributed by atoms with Crippen LogP contribution in [-0.2, 0) is 9.47 Å². The summed E-state index contributed by atoms with van der Waals surface area (Å²) in [5.41, 5.74) is -0.0130. The maximum atomic E-state index is 5.77. The molecule has 13 heavy (non-hydrogen) atoms. The molecule has 2 heteroatoms. The molecule has 1 fully saturated rings. The monoisotopic (exact) mass is 186 g/mol. The number of ether oxygens (including phenoxy) is 2. The van der Waals surface area contributed by atoms with Crippen molar-refractivity contribution in [1.82, 2.24) is 0 Å². The molecule has 2 atom stereocenters. The lowest BCUT2D eigenvalue weighted by molar-refractivity contribution is -0.0480. The SMILES string of the molecule is COC1CCCC1COC(C)(C)C. The molecule has 1 aliphatic rings. The highest BCUT2D eigenvalue weighted by Gasteiger charge is 2.28. The Bertz CT molecular complexity index is 149. The zero-order valence-corrected chi connectivity index (χ0v) is 9.30. The largest absolute Gasteiger partial charge is 0.381 e. The van der Waals surface area contributed by atoms with E-state index >= 15 is 0 Å². The van der Waals surface area contributed by atoms with Gasteiger partial charge < -0.3 is 9.47 Å². The summed E-state index contributed by atoms with van der Waals surface area (Å²) in [5, 5.41) is 0. The van der Waals surface area contributed by atoms with Crippen LogP contribution in [0.4, 0.5) is 0 Å². The second-order valence-electron chi connectivity index (χ2n) is 4.89. The lowest BCUT2D eigenvalue weighted by Crippen LogP contribution is -2.27. The van der Waals surface area contributed by atoms with Crippen LogP contribution in [0.2, 0.25) is 0 Å². The molecule has 1 aliphatic carbocycles. The zero-order valence-electron chi connectivity index (χ0n) is 9.30. The van der Waals surface area contributed by atoms with Gasteiger partial charge in [0.2, 0.25) is 0 Å². The van der Waals surface area contributed by atoms with E-state index < -0.39 is 0 Å². The van der Waals surface area contributed by atoms with Gasteiger partial charge in [-0.25, -0.2) is 0 Å². The second-order valence-corrected chi connectivity index (χ2v) is 4.89. The fourth-order valence-electron chi connectivity index (χ4n) is 1.86. The second kappa shape index (κ2) is 4.43. The topological polar surface area (TPSA) is 18.5 Å². The van der Waals surface area contributed by atoms with E-state index in [9.17, 15) is 0 Å². The molecule has 0 aromatic rings. The highest BCUT2D eigenvalue weighted by molar-refractivity contribution is 4.78.